The van der Waals surface area contributed by atoms with Gasteiger partial charge < -0.3 is 9.47 Å². The van der Waals surface area contributed by atoms with Gasteiger partial charge in [0.05, 0.1) is 29.2 Å². The molecule has 5 aromatic rings. The molecular formula is C30H25ClN4O. The second kappa shape index (κ2) is 10.2. The van der Waals surface area contributed by atoms with Crippen LogP contribution in [0.1, 0.15) is 22.5 Å². The van der Waals surface area contributed by atoms with Crippen LogP contribution in [0.3, 0.4) is 0 Å². The van der Waals surface area contributed by atoms with E-state index in [0.29, 0.717) is 12.1 Å². The maximum absolute atomic E-state index is 12.9. The van der Waals surface area contributed by atoms with E-state index in [1.807, 2.05) is 67.7 Å². The van der Waals surface area contributed by atoms with Crippen molar-refractivity contribution < 1.29 is 4.79 Å². The van der Waals surface area contributed by atoms with Gasteiger partial charge >= 0.3 is 0 Å². The predicted molar refractivity (Wildman–Crippen MR) is 145 cm³/mol. The molecule has 6 heteroatoms. The maximum Gasteiger partial charge on any atom is 0.242 e. The number of hydrogen-bond donors (Lipinski definition) is 0. The van der Waals surface area contributed by atoms with Crippen molar-refractivity contribution in [2.75, 3.05) is 10.8 Å². The summed E-state index contributed by atoms with van der Waals surface area (Å²) in [6, 6.07) is 30.1. The summed E-state index contributed by atoms with van der Waals surface area (Å²) >= 11 is 6.02. The summed E-state index contributed by atoms with van der Waals surface area (Å²) < 4.78 is 2.10. The lowest BCUT2D eigenvalue weighted by Crippen LogP contribution is -2.31. The quantitative estimate of drug-likeness (QED) is 0.256. The van der Waals surface area contributed by atoms with Gasteiger partial charge in [-0.2, -0.15) is 5.26 Å². The van der Waals surface area contributed by atoms with Gasteiger partial charge in [0.15, 0.2) is 0 Å². The number of anilines is 1. The molecule has 0 aliphatic rings. The molecule has 0 spiro atoms. The smallest absolute Gasteiger partial charge is 0.242 e. The van der Waals surface area contributed by atoms with Crippen molar-refractivity contribution in [3.8, 4) is 6.07 Å². The zero-order valence-corrected chi connectivity index (χ0v) is 20.7. The second-order valence-electron chi connectivity index (χ2n) is 8.82. The Morgan fingerprint density at radius 1 is 1.00 bits per heavy atom. The molecule has 0 bridgehead atoms. The monoisotopic (exact) mass is 492 g/mol. The van der Waals surface area contributed by atoms with Gasteiger partial charge in [0.1, 0.15) is 11.7 Å². The third kappa shape index (κ3) is 4.68. The number of hydrogen-bond acceptors (Lipinski definition) is 3. The molecule has 5 rings (SSSR count). The summed E-state index contributed by atoms with van der Waals surface area (Å²) in [4.78, 5) is 19.5. The average molecular weight is 493 g/mol. The first-order valence-corrected chi connectivity index (χ1v) is 12.4. The number of benzene rings is 4. The fourth-order valence-corrected chi connectivity index (χ4v) is 4.77. The SMILES string of the molecule is Cn1c(CCc2ccc(C#N)cc2)nc2cc(N(Cc3cccc4ccccc34)C(=O)CCl)ccc21. The zero-order chi connectivity index (χ0) is 25.1. The lowest BCUT2D eigenvalue weighted by molar-refractivity contribution is -0.116. The Balaban J connectivity index is 1.43. The van der Waals surface area contributed by atoms with Gasteiger partial charge in [-0.3, -0.25) is 4.79 Å². The highest BCUT2D eigenvalue weighted by Gasteiger charge is 2.18. The molecule has 0 atom stereocenters. The number of aryl methyl sites for hydroxylation is 3. The molecule has 0 unspecified atom stereocenters. The summed E-state index contributed by atoms with van der Waals surface area (Å²) in [6.45, 7) is 0.427. The molecule has 0 radical (unpaired) electrons. The number of rotatable bonds is 7. The van der Waals surface area contributed by atoms with Gasteiger partial charge in [-0.15, -0.1) is 11.6 Å². The topological polar surface area (TPSA) is 61.9 Å². The van der Waals surface area contributed by atoms with Crippen molar-refractivity contribution in [1.82, 2.24) is 9.55 Å². The van der Waals surface area contributed by atoms with Gasteiger partial charge in [0.25, 0.3) is 0 Å². The largest absolute Gasteiger partial charge is 0.331 e. The summed E-state index contributed by atoms with van der Waals surface area (Å²) in [7, 11) is 2.01. The van der Waals surface area contributed by atoms with E-state index >= 15 is 0 Å². The minimum Gasteiger partial charge on any atom is -0.331 e. The highest BCUT2D eigenvalue weighted by molar-refractivity contribution is 6.29. The fraction of sp³-hybridized carbons (Fsp3) is 0.167. The van der Waals surface area contributed by atoms with Gasteiger partial charge in [-0.25, -0.2) is 4.98 Å². The van der Waals surface area contributed by atoms with Crippen LogP contribution in [0.15, 0.2) is 84.9 Å². The Morgan fingerprint density at radius 2 is 1.78 bits per heavy atom. The van der Waals surface area contributed by atoms with E-state index < -0.39 is 0 Å². The van der Waals surface area contributed by atoms with E-state index in [9.17, 15) is 4.79 Å². The first kappa shape index (κ1) is 23.6. The number of alkyl halides is 1. The van der Waals surface area contributed by atoms with Crippen molar-refractivity contribution in [2.45, 2.75) is 19.4 Å². The van der Waals surface area contributed by atoms with Crippen molar-refractivity contribution in [3.63, 3.8) is 0 Å². The number of carbonyl (C=O) groups is 1. The molecule has 178 valence electrons. The Hall–Kier alpha value is -4.14. The molecule has 4 aromatic carbocycles. The minimum absolute atomic E-state index is 0.0964. The molecule has 0 aliphatic carbocycles. The number of amides is 1. The molecule has 0 aliphatic heterocycles. The van der Waals surface area contributed by atoms with E-state index in [0.717, 1.165) is 57.3 Å². The number of halogens is 1. The standard InChI is InChI=1S/C30H25ClN4O/c1-34-28-15-14-25(17-27(28)33-29(34)16-13-21-9-11-22(19-32)12-10-21)35(30(36)18-31)20-24-7-4-6-23-5-2-3-8-26(23)24/h2-12,14-15,17H,13,16,18,20H2,1H3. The zero-order valence-electron chi connectivity index (χ0n) is 20.0. The van der Waals surface area contributed by atoms with Gasteiger partial charge in [0.2, 0.25) is 5.91 Å². The summed E-state index contributed by atoms with van der Waals surface area (Å²) in [6.07, 6.45) is 1.60. The number of carbonyl (C=O) groups excluding carboxylic acids is 1. The molecule has 0 fully saturated rings. The molecule has 1 aromatic heterocycles. The van der Waals surface area contributed by atoms with E-state index in [-0.39, 0.29) is 11.8 Å². The molecule has 0 N–H and O–H groups in total. The Morgan fingerprint density at radius 3 is 2.56 bits per heavy atom. The normalized spacial score (nSPS) is 11.0. The van der Waals surface area contributed by atoms with Crippen molar-refractivity contribution in [1.29, 1.82) is 5.26 Å². The van der Waals surface area contributed by atoms with Crippen LogP contribution in [0.4, 0.5) is 5.69 Å². The van der Waals surface area contributed by atoms with Crippen LogP contribution in [0, 0.1) is 11.3 Å². The van der Waals surface area contributed by atoms with Crippen molar-refractivity contribution in [2.24, 2.45) is 7.05 Å². The average Bonchev–Trinajstić information content (AvgIpc) is 3.24. The van der Waals surface area contributed by atoms with Crippen LogP contribution < -0.4 is 4.90 Å². The van der Waals surface area contributed by atoms with Gasteiger partial charge in [0, 0.05) is 19.2 Å². The Labute approximate surface area is 215 Å². The lowest BCUT2D eigenvalue weighted by atomic mass is 10.0. The van der Waals surface area contributed by atoms with Crippen molar-refractivity contribution in [3.05, 3.63) is 107 Å². The first-order chi connectivity index (χ1) is 17.6. The molecule has 1 amide bonds. The molecular weight excluding hydrogens is 468 g/mol. The van der Waals surface area contributed by atoms with Gasteiger partial charge in [-0.05, 0) is 58.7 Å². The summed E-state index contributed by atoms with van der Waals surface area (Å²) in [5.41, 5.74) is 5.52. The van der Waals surface area contributed by atoms with Crippen LogP contribution in [0.5, 0.6) is 0 Å². The van der Waals surface area contributed by atoms with E-state index in [4.69, 9.17) is 21.8 Å². The minimum atomic E-state index is -0.152. The van der Waals surface area contributed by atoms with Crippen LogP contribution >= 0.6 is 11.6 Å². The second-order valence-corrected chi connectivity index (χ2v) is 9.09. The fourth-order valence-electron chi connectivity index (χ4n) is 4.63. The highest BCUT2D eigenvalue weighted by Crippen LogP contribution is 2.27. The van der Waals surface area contributed by atoms with Crippen molar-refractivity contribution >= 4 is 45.0 Å². The van der Waals surface area contributed by atoms with E-state index in [1.54, 1.807) is 4.90 Å². The highest BCUT2D eigenvalue weighted by atomic mass is 35.5. The first-order valence-electron chi connectivity index (χ1n) is 11.8. The number of nitrogens with zero attached hydrogens (tertiary/aromatic N) is 4. The number of nitriles is 1. The van der Waals surface area contributed by atoms with Crippen LogP contribution in [-0.4, -0.2) is 21.3 Å². The molecule has 1 heterocycles. The number of aromatic nitrogens is 2. The number of fused-ring (bicyclic) bond motifs is 2. The summed E-state index contributed by atoms with van der Waals surface area (Å²) in [5, 5.41) is 11.3. The Kier molecular flexibility index (Phi) is 6.71. The number of imidazole rings is 1. The van der Waals surface area contributed by atoms with Crippen LogP contribution in [-0.2, 0) is 31.2 Å². The summed E-state index contributed by atoms with van der Waals surface area (Å²) in [5.74, 6) is 0.720. The maximum atomic E-state index is 12.9. The van der Waals surface area contributed by atoms with E-state index in [1.165, 1.54) is 0 Å². The van der Waals surface area contributed by atoms with Gasteiger partial charge in [-0.1, -0.05) is 54.6 Å². The predicted octanol–water partition coefficient (Wildman–Crippen LogP) is 6.16. The third-order valence-corrected chi connectivity index (χ3v) is 6.84. The van der Waals surface area contributed by atoms with Crippen LogP contribution in [0.2, 0.25) is 0 Å². The molecule has 5 nitrogen and oxygen atoms in total. The molecule has 36 heavy (non-hydrogen) atoms. The molecule has 0 saturated heterocycles. The Bertz CT molecular complexity index is 1590. The third-order valence-electron chi connectivity index (χ3n) is 6.61. The molecule has 0 saturated carbocycles. The van der Waals surface area contributed by atoms with E-state index in [2.05, 4.69) is 34.9 Å². The lowest BCUT2D eigenvalue weighted by Gasteiger charge is -2.23. The van der Waals surface area contributed by atoms with Crippen LogP contribution in [0.25, 0.3) is 21.8 Å².